The van der Waals surface area contributed by atoms with Gasteiger partial charge in [-0.05, 0) is 54.0 Å². The van der Waals surface area contributed by atoms with Crippen LogP contribution in [0.2, 0.25) is 0 Å². The van der Waals surface area contributed by atoms with E-state index in [1.165, 1.54) is 0 Å². The van der Waals surface area contributed by atoms with Crippen molar-refractivity contribution in [2.75, 3.05) is 10.7 Å². The number of halogens is 1. The number of nitrogens with zero attached hydrogens (tertiary/aromatic N) is 1. The lowest BCUT2D eigenvalue weighted by molar-refractivity contribution is 0.102. The maximum absolute atomic E-state index is 12.3. The quantitative estimate of drug-likeness (QED) is 0.595. The summed E-state index contributed by atoms with van der Waals surface area (Å²) in [6.07, 6.45) is 0. The van der Waals surface area contributed by atoms with Crippen molar-refractivity contribution < 1.29 is 4.79 Å². The average Bonchev–Trinajstić information content (AvgIpc) is 2.43. The van der Waals surface area contributed by atoms with Gasteiger partial charge < -0.3 is 10.7 Å². The Kier molecular flexibility index (Phi) is 4.36. The fraction of sp³-hybridized carbons (Fsp3) is 0.143. The number of carbonyl (C=O) groups is 1. The van der Waals surface area contributed by atoms with E-state index in [9.17, 15) is 4.79 Å². The van der Waals surface area contributed by atoms with Crippen LogP contribution in [-0.4, -0.2) is 10.9 Å². The minimum Gasteiger partial charge on any atom is -0.323 e. The standard InChI is InChI=1S/C14H15BrN4O/c1-8-3-5-12(19-16)10(7-8)14(20)18-13-6-4-11(15)9(2)17-13/h3-7,19H,16H2,1-2H3,(H,17,18,20). The third-order valence-electron chi connectivity index (χ3n) is 2.84. The number of rotatable bonds is 3. The molecule has 0 fully saturated rings. The molecule has 0 aliphatic carbocycles. The van der Waals surface area contributed by atoms with Gasteiger partial charge in [0, 0.05) is 4.47 Å². The molecule has 0 unspecified atom stereocenters. The van der Waals surface area contributed by atoms with Gasteiger partial charge in [0.05, 0.1) is 16.9 Å². The minimum absolute atomic E-state index is 0.254. The largest absolute Gasteiger partial charge is 0.323 e. The molecule has 0 bridgehead atoms. The number of nitrogen functional groups attached to an aromatic ring is 1. The Morgan fingerprint density at radius 3 is 2.65 bits per heavy atom. The second-order valence-electron chi connectivity index (χ2n) is 4.41. The fourth-order valence-electron chi connectivity index (χ4n) is 1.77. The molecule has 5 nitrogen and oxygen atoms in total. The van der Waals surface area contributed by atoms with Crippen LogP contribution in [0.1, 0.15) is 21.6 Å². The molecule has 1 aromatic heterocycles. The van der Waals surface area contributed by atoms with Crippen molar-refractivity contribution in [3.8, 4) is 0 Å². The summed E-state index contributed by atoms with van der Waals surface area (Å²) in [7, 11) is 0. The maximum Gasteiger partial charge on any atom is 0.258 e. The second kappa shape index (κ2) is 6.02. The Morgan fingerprint density at radius 1 is 1.25 bits per heavy atom. The topological polar surface area (TPSA) is 80.0 Å². The van der Waals surface area contributed by atoms with Crippen molar-refractivity contribution in [1.82, 2.24) is 4.98 Å². The molecule has 0 saturated heterocycles. The predicted octanol–water partition coefficient (Wildman–Crippen LogP) is 3.00. The van der Waals surface area contributed by atoms with E-state index in [1.807, 2.05) is 26.0 Å². The van der Waals surface area contributed by atoms with Gasteiger partial charge in [-0.15, -0.1) is 0 Å². The van der Waals surface area contributed by atoms with E-state index in [2.05, 4.69) is 31.7 Å². The first-order valence-electron chi connectivity index (χ1n) is 6.03. The highest BCUT2D eigenvalue weighted by molar-refractivity contribution is 9.10. The van der Waals surface area contributed by atoms with Crippen molar-refractivity contribution in [3.63, 3.8) is 0 Å². The minimum atomic E-state index is -0.254. The first-order valence-corrected chi connectivity index (χ1v) is 6.82. The Morgan fingerprint density at radius 2 is 2.00 bits per heavy atom. The van der Waals surface area contributed by atoms with Gasteiger partial charge in [0.15, 0.2) is 0 Å². The van der Waals surface area contributed by atoms with Gasteiger partial charge in [-0.3, -0.25) is 10.6 Å². The molecule has 6 heteroatoms. The van der Waals surface area contributed by atoms with Gasteiger partial charge in [0.2, 0.25) is 0 Å². The monoisotopic (exact) mass is 334 g/mol. The summed E-state index contributed by atoms with van der Waals surface area (Å²) < 4.78 is 0.898. The number of amides is 1. The number of aryl methyl sites for hydroxylation is 2. The number of nitrogens with one attached hydrogen (secondary N) is 2. The summed E-state index contributed by atoms with van der Waals surface area (Å²) in [5, 5.41) is 2.76. The van der Waals surface area contributed by atoms with E-state index in [0.29, 0.717) is 17.1 Å². The molecule has 1 aromatic carbocycles. The number of pyridine rings is 1. The van der Waals surface area contributed by atoms with Crippen LogP contribution in [0.4, 0.5) is 11.5 Å². The van der Waals surface area contributed by atoms with Crippen molar-refractivity contribution in [3.05, 3.63) is 51.6 Å². The van der Waals surface area contributed by atoms with E-state index >= 15 is 0 Å². The lowest BCUT2D eigenvalue weighted by Gasteiger charge is -2.10. The van der Waals surface area contributed by atoms with Crippen molar-refractivity contribution in [2.24, 2.45) is 5.84 Å². The van der Waals surface area contributed by atoms with E-state index in [4.69, 9.17) is 5.84 Å². The molecular weight excluding hydrogens is 320 g/mol. The highest BCUT2D eigenvalue weighted by atomic mass is 79.9. The SMILES string of the molecule is Cc1ccc(NN)c(C(=O)Nc2ccc(Br)c(C)n2)c1. The molecule has 0 atom stereocenters. The average molecular weight is 335 g/mol. The number of nitrogens with two attached hydrogens (primary N) is 1. The van der Waals surface area contributed by atoms with Crippen LogP contribution in [0, 0.1) is 13.8 Å². The molecule has 104 valence electrons. The number of hydrogen-bond donors (Lipinski definition) is 3. The van der Waals surface area contributed by atoms with Gasteiger partial charge in [0.1, 0.15) is 5.82 Å². The molecule has 1 amide bonds. The molecule has 2 rings (SSSR count). The number of benzene rings is 1. The fourth-order valence-corrected chi connectivity index (χ4v) is 1.99. The van der Waals surface area contributed by atoms with Crippen LogP contribution in [0.5, 0.6) is 0 Å². The Balaban J connectivity index is 2.27. The van der Waals surface area contributed by atoms with E-state index < -0.39 is 0 Å². The van der Waals surface area contributed by atoms with Gasteiger partial charge in [0.25, 0.3) is 5.91 Å². The highest BCUT2D eigenvalue weighted by Gasteiger charge is 2.12. The number of aromatic nitrogens is 1. The summed E-state index contributed by atoms with van der Waals surface area (Å²) in [5.41, 5.74) is 5.36. The summed E-state index contributed by atoms with van der Waals surface area (Å²) in [6.45, 7) is 3.78. The van der Waals surface area contributed by atoms with Crippen molar-refractivity contribution in [1.29, 1.82) is 0 Å². The lowest BCUT2D eigenvalue weighted by atomic mass is 10.1. The summed E-state index contributed by atoms with van der Waals surface area (Å²) >= 11 is 3.37. The van der Waals surface area contributed by atoms with Gasteiger partial charge in [-0.2, -0.15) is 0 Å². The number of hydrogen-bond acceptors (Lipinski definition) is 4. The maximum atomic E-state index is 12.3. The molecule has 0 saturated carbocycles. The second-order valence-corrected chi connectivity index (χ2v) is 5.27. The molecule has 1 heterocycles. The predicted molar refractivity (Wildman–Crippen MR) is 83.6 cm³/mol. The van der Waals surface area contributed by atoms with Gasteiger partial charge >= 0.3 is 0 Å². The summed E-state index contributed by atoms with van der Waals surface area (Å²) in [6, 6.07) is 9.01. The number of anilines is 2. The zero-order valence-corrected chi connectivity index (χ0v) is 12.8. The third kappa shape index (κ3) is 3.15. The van der Waals surface area contributed by atoms with Gasteiger partial charge in [-0.25, -0.2) is 4.98 Å². The zero-order chi connectivity index (χ0) is 14.7. The Hall–Kier alpha value is -1.92. The highest BCUT2D eigenvalue weighted by Crippen LogP contribution is 2.20. The molecule has 0 aliphatic rings. The van der Waals surface area contributed by atoms with Crippen molar-refractivity contribution in [2.45, 2.75) is 13.8 Å². The first-order chi connectivity index (χ1) is 9.51. The molecule has 0 radical (unpaired) electrons. The summed E-state index contributed by atoms with van der Waals surface area (Å²) in [4.78, 5) is 16.6. The first kappa shape index (κ1) is 14.5. The summed E-state index contributed by atoms with van der Waals surface area (Å²) in [5.74, 6) is 5.67. The van der Waals surface area contributed by atoms with Crippen LogP contribution < -0.4 is 16.6 Å². The van der Waals surface area contributed by atoms with Crippen LogP contribution in [0.25, 0.3) is 0 Å². The molecule has 0 aliphatic heterocycles. The number of carbonyl (C=O) groups excluding carboxylic acids is 1. The Bertz CT molecular complexity index is 658. The van der Waals surface area contributed by atoms with Gasteiger partial charge in [-0.1, -0.05) is 11.6 Å². The Labute approximate surface area is 125 Å². The van der Waals surface area contributed by atoms with Crippen LogP contribution in [-0.2, 0) is 0 Å². The van der Waals surface area contributed by atoms with Crippen LogP contribution >= 0.6 is 15.9 Å². The van der Waals surface area contributed by atoms with E-state index in [1.54, 1.807) is 18.2 Å². The third-order valence-corrected chi connectivity index (χ3v) is 3.68. The zero-order valence-electron chi connectivity index (χ0n) is 11.2. The lowest BCUT2D eigenvalue weighted by Crippen LogP contribution is -2.18. The normalized spacial score (nSPS) is 10.2. The molecule has 0 spiro atoms. The van der Waals surface area contributed by atoms with E-state index in [0.717, 1.165) is 15.7 Å². The van der Waals surface area contributed by atoms with Crippen LogP contribution in [0.3, 0.4) is 0 Å². The van der Waals surface area contributed by atoms with E-state index in [-0.39, 0.29) is 5.91 Å². The molecule has 20 heavy (non-hydrogen) atoms. The van der Waals surface area contributed by atoms with Crippen LogP contribution in [0.15, 0.2) is 34.8 Å². The molecule has 4 N–H and O–H groups in total. The van der Waals surface area contributed by atoms with Crippen molar-refractivity contribution >= 4 is 33.3 Å². The molecular formula is C14H15BrN4O. The smallest absolute Gasteiger partial charge is 0.258 e. The number of hydrazine groups is 1. The molecule has 2 aromatic rings.